The number of esters is 1. The molecule has 0 unspecified atom stereocenters. The number of rotatable bonds is 6. The summed E-state index contributed by atoms with van der Waals surface area (Å²) in [5, 5.41) is 0. The molecule has 2 aromatic carbocycles. The van der Waals surface area contributed by atoms with Crippen LogP contribution in [0.4, 0.5) is 0 Å². The van der Waals surface area contributed by atoms with E-state index in [0.717, 1.165) is 4.31 Å². The number of nitrogens with zero attached hydrogens (tertiary/aromatic N) is 2. The number of carbonyl (C=O) groups is 2. The number of morpholine rings is 1. The molecule has 0 N–H and O–H groups in total. The Morgan fingerprint density at radius 1 is 1.06 bits per heavy atom. The summed E-state index contributed by atoms with van der Waals surface area (Å²) >= 11 is 0. The zero-order valence-electron chi connectivity index (χ0n) is 17.8. The zero-order chi connectivity index (χ0) is 22.6. The molecule has 0 radical (unpaired) electrons. The van der Waals surface area contributed by atoms with Crippen molar-refractivity contribution in [3.8, 4) is 0 Å². The van der Waals surface area contributed by atoms with E-state index in [-0.39, 0.29) is 16.4 Å². The van der Waals surface area contributed by atoms with Gasteiger partial charge in [0, 0.05) is 32.7 Å². The van der Waals surface area contributed by atoms with Crippen LogP contribution in [0.2, 0.25) is 0 Å². The highest BCUT2D eigenvalue weighted by molar-refractivity contribution is 7.89. The molecular formula is C22H26N2O6S. The van der Waals surface area contributed by atoms with E-state index in [2.05, 4.69) is 0 Å². The molecule has 1 atom stereocenters. The second-order valence-electron chi connectivity index (χ2n) is 7.40. The third-order valence-corrected chi connectivity index (χ3v) is 6.89. The van der Waals surface area contributed by atoms with Gasteiger partial charge in [0.05, 0.1) is 23.7 Å². The fourth-order valence-corrected chi connectivity index (χ4v) is 4.13. The van der Waals surface area contributed by atoms with Crippen molar-refractivity contribution in [3.63, 3.8) is 0 Å². The quantitative estimate of drug-likeness (QED) is 0.630. The normalized spacial score (nSPS) is 15.5. The molecule has 0 aromatic heterocycles. The lowest BCUT2D eigenvalue weighted by molar-refractivity contribution is -0.145. The van der Waals surface area contributed by atoms with Crippen molar-refractivity contribution >= 4 is 21.9 Å². The SMILES string of the molecule is Cc1ccc(S(=O)(=O)N(C)C)cc1C(=O)O[C@@H](C(=O)N1CCOCC1)c1ccccc1. The van der Waals surface area contributed by atoms with Crippen LogP contribution in [0, 0.1) is 6.92 Å². The monoisotopic (exact) mass is 446 g/mol. The van der Waals surface area contributed by atoms with Crippen molar-refractivity contribution in [1.29, 1.82) is 0 Å². The first-order valence-electron chi connectivity index (χ1n) is 9.87. The van der Waals surface area contributed by atoms with Crippen molar-refractivity contribution in [2.24, 2.45) is 0 Å². The maximum Gasteiger partial charge on any atom is 0.339 e. The van der Waals surface area contributed by atoms with E-state index >= 15 is 0 Å². The Hall–Kier alpha value is -2.75. The van der Waals surface area contributed by atoms with E-state index < -0.39 is 22.1 Å². The van der Waals surface area contributed by atoms with Gasteiger partial charge in [-0.15, -0.1) is 0 Å². The van der Waals surface area contributed by atoms with Gasteiger partial charge in [-0.25, -0.2) is 17.5 Å². The van der Waals surface area contributed by atoms with Crippen LogP contribution in [0.15, 0.2) is 53.4 Å². The third kappa shape index (κ3) is 5.12. The van der Waals surface area contributed by atoms with Gasteiger partial charge in [-0.3, -0.25) is 4.79 Å². The minimum Gasteiger partial charge on any atom is -0.444 e. The highest BCUT2D eigenvalue weighted by Gasteiger charge is 2.31. The summed E-state index contributed by atoms with van der Waals surface area (Å²) in [6.07, 6.45) is -1.14. The maximum absolute atomic E-state index is 13.2. The average molecular weight is 447 g/mol. The topological polar surface area (TPSA) is 93.2 Å². The highest BCUT2D eigenvalue weighted by atomic mass is 32.2. The first kappa shape index (κ1) is 22.9. The van der Waals surface area contributed by atoms with Crippen LogP contribution in [-0.2, 0) is 24.3 Å². The summed E-state index contributed by atoms with van der Waals surface area (Å²) in [6.45, 7) is 3.35. The summed E-state index contributed by atoms with van der Waals surface area (Å²) in [6, 6.07) is 13.0. The molecule has 1 fully saturated rings. The molecular weight excluding hydrogens is 420 g/mol. The number of ether oxygens (including phenoxy) is 2. The largest absolute Gasteiger partial charge is 0.444 e. The predicted octanol–water partition coefficient (Wildman–Crippen LogP) is 2.00. The molecule has 0 saturated carbocycles. The first-order valence-corrected chi connectivity index (χ1v) is 11.3. The van der Waals surface area contributed by atoms with Crippen molar-refractivity contribution in [2.45, 2.75) is 17.9 Å². The number of benzene rings is 2. The summed E-state index contributed by atoms with van der Waals surface area (Å²) in [7, 11) is -0.895. The Bertz CT molecular complexity index is 1050. The van der Waals surface area contributed by atoms with E-state index in [0.29, 0.717) is 37.4 Å². The summed E-state index contributed by atoms with van der Waals surface area (Å²) in [4.78, 5) is 27.8. The molecule has 8 nitrogen and oxygen atoms in total. The van der Waals surface area contributed by atoms with Crippen LogP contribution in [0.5, 0.6) is 0 Å². The van der Waals surface area contributed by atoms with Gasteiger partial charge in [0.2, 0.25) is 16.1 Å². The lowest BCUT2D eigenvalue weighted by atomic mass is 10.1. The summed E-state index contributed by atoms with van der Waals surface area (Å²) < 4.78 is 37.0. The predicted molar refractivity (Wildman–Crippen MR) is 114 cm³/mol. The fraction of sp³-hybridized carbons (Fsp3) is 0.364. The van der Waals surface area contributed by atoms with Crippen molar-refractivity contribution in [1.82, 2.24) is 9.21 Å². The minimum absolute atomic E-state index is 0.0224. The van der Waals surface area contributed by atoms with E-state index in [9.17, 15) is 18.0 Å². The second kappa shape index (κ2) is 9.59. The van der Waals surface area contributed by atoms with Gasteiger partial charge in [0.25, 0.3) is 5.91 Å². The lowest BCUT2D eigenvalue weighted by Crippen LogP contribution is -2.44. The second-order valence-corrected chi connectivity index (χ2v) is 9.55. The standard InChI is InChI=1S/C22H26N2O6S/c1-16-9-10-18(31(27,28)23(2)3)15-19(16)22(26)30-20(17-7-5-4-6-8-17)21(25)24-11-13-29-14-12-24/h4-10,15,20H,11-14H2,1-3H3/t20-/m1/s1. The van der Waals surface area contributed by atoms with Crippen LogP contribution in [0.25, 0.3) is 0 Å². The first-order chi connectivity index (χ1) is 14.7. The molecule has 0 aliphatic carbocycles. The van der Waals surface area contributed by atoms with Crippen molar-refractivity contribution < 1.29 is 27.5 Å². The number of carbonyl (C=O) groups excluding carboxylic acids is 2. The summed E-state index contributed by atoms with van der Waals surface area (Å²) in [5.41, 5.74) is 1.19. The Balaban J connectivity index is 1.93. The van der Waals surface area contributed by atoms with Crippen LogP contribution in [-0.4, -0.2) is 69.9 Å². The number of hydrogen-bond donors (Lipinski definition) is 0. The molecule has 0 bridgehead atoms. The third-order valence-electron chi connectivity index (χ3n) is 5.08. The Morgan fingerprint density at radius 3 is 2.32 bits per heavy atom. The van der Waals surface area contributed by atoms with Crippen LogP contribution in [0.3, 0.4) is 0 Å². The van der Waals surface area contributed by atoms with E-state index in [4.69, 9.17) is 9.47 Å². The molecule has 1 heterocycles. The molecule has 31 heavy (non-hydrogen) atoms. The molecule has 2 aromatic rings. The van der Waals surface area contributed by atoms with Gasteiger partial charge in [-0.05, 0) is 24.6 Å². The summed E-state index contributed by atoms with van der Waals surface area (Å²) in [5.74, 6) is -1.10. The highest BCUT2D eigenvalue weighted by Crippen LogP contribution is 2.25. The molecule has 1 aliphatic heterocycles. The van der Waals surface area contributed by atoms with Gasteiger partial charge in [-0.2, -0.15) is 0 Å². The lowest BCUT2D eigenvalue weighted by Gasteiger charge is -2.30. The van der Waals surface area contributed by atoms with E-state index in [1.165, 1.54) is 26.2 Å². The maximum atomic E-state index is 13.2. The molecule has 1 saturated heterocycles. The molecule has 3 rings (SSSR count). The number of aryl methyl sites for hydroxylation is 1. The van der Waals surface area contributed by atoms with Gasteiger partial charge in [-0.1, -0.05) is 36.4 Å². The van der Waals surface area contributed by atoms with Gasteiger partial charge in [0.1, 0.15) is 0 Å². The van der Waals surface area contributed by atoms with Gasteiger partial charge < -0.3 is 14.4 Å². The van der Waals surface area contributed by atoms with E-state index in [1.54, 1.807) is 48.2 Å². The molecule has 1 amide bonds. The fourth-order valence-electron chi connectivity index (χ4n) is 3.20. The minimum atomic E-state index is -3.73. The Kier molecular flexibility index (Phi) is 7.09. The van der Waals surface area contributed by atoms with Gasteiger partial charge in [0.15, 0.2) is 0 Å². The van der Waals surface area contributed by atoms with Gasteiger partial charge >= 0.3 is 5.97 Å². The Morgan fingerprint density at radius 2 is 1.71 bits per heavy atom. The Labute approximate surface area is 182 Å². The van der Waals surface area contributed by atoms with Crippen LogP contribution < -0.4 is 0 Å². The average Bonchev–Trinajstić information content (AvgIpc) is 2.78. The smallest absolute Gasteiger partial charge is 0.339 e. The number of hydrogen-bond acceptors (Lipinski definition) is 6. The van der Waals surface area contributed by atoms with Crippen LogP contribution >= 0.6 is 0 Å². The van der Waals surface area contributed by atoms with E-state index in [1.807, 2.05) is 0 Å². The molecule has 166 valence electrons. The number of sulfonamides is 1. The molecule has 9 heteroatoms. The number of amides is 1. The molecule has 0 spiro atoms. The van der Waals surface area contributed by atoms with Crippen molar-refractivity contribution in [2.75, 3.05) is 40.4 Å². The zero-order valence-corrected chi connectivity index (χ0v) is 18.6. The van der Waals surface area contributed by atoms with Crippen LogP contribution in [0.1, 0.15) is 27.6 Å². The molecule has 1 aliphatic rings. The van der Waals surface area contributed by atoms with Crippen molar-refractivity contribution in [3.05, 3.63) is 65.2 Å².